The molecule has 5 heteroatoms. The first kappa shape index (κ1) is 13.7. The van der Waals surface area contributed by atoms with Crippen molar-refractivity contribution in [2.75, 3.05) is 0 Å². The van der Waals surface area contributed by atoms with Gasteiger partial charge in [-0.05, 0) is 6.42 Å². The zero-order valence-corrected chi connectivity index (χ0v) is 10.7. The first-order valence-corrected chi connectivity index (χ1v) is 8.50. The van der Waals surface area contributed by atoms with E-state index in [0.717, 1.165) is 0 Å². The minimum Gasteiger partial charge on any atom is -0.427 e. The number of nitrogens with zero attached hydrogens (tertiary/aromatic N) is 1. The van der Waals surface area contributed by atoms with Crippen LogP contribution in [0.15, 0.2) is 0 Å². The van der Waals surface area contributed by atoms with Crippen molar-refractivity contribution in [2.45, 2.75) is 50.8 Å². The molecule has 14 heavy (non-hydrogen) atoms. The second-order valence-electron chi connectivity index (χ2n) is 4.89. The van der Waals surface area contributed by atoms with Crippen LogP contribution in [0.5, 0.6) is 0 Å². The molecule has 0 bridgehead atoms. The molecule has 2 N–H and O–H groups in total. The van der Waals surface area contributed by atoms with Gasteiger partial charge in [0, 0.05) is 5.82 Å². The molecule has 0 aromatic rings. The molecule has 0 fully saturated rings. The third-order valence-electron chi connectivity index (χ3n) is 3.32. The summed E-state index contributed by atoms with van der Waals surface area (Å²) in [5.74, 6) is -0.385. The molecule has 0 heterocycles. The fourth-order valence-electron chi connectivity index (χ4n) is 2.14. The van der Waals surface area contributed by atoms with Crippen molar-refractivity contribution in [3.63, 3.8) is 0 Å². The highest BCUT2D eigenvalue weighted by Crippen LogP contribution is 2.51. The summed E-state index contributed by atoms with van der Waals surface area (Å²) in [6, 6.07) is 2.33. The van der Waals surface area contributed by atoms with Crippen LogP contribution in [0.4, 0.5) is 0 Å². The SMILES string of the molecule is CCC(C#N)(C(C)B(O)O)[Si](C)(C)C. The van der Waals surface area contributed by atoms with Gasteiger partial charge in [-0.15, -0.1) is 0 Å². The molecule has 80 valence electrons. The zero-order valence-electron chi connectivity index (χ0n) is 9.70. The quantitative estimate of drug-likeness (QED) is 0.700. The third-order valence-corrected chi connectivity index (χ3v) is 6.92. The van der Waals surface area contributed by atoms with Crippen LogP contribution in [0.3, 0.4) is 0 Å². The average molecular weight is 213 g/mol. The van der Waals surface area contributed by atoms with Crippen molar-refractivity contribution in [2.24, 2.45) is 0 Å². The van der Waals surface area contributed by atoms with Gasteiger partial charge >= 0.3 is 7.12 Å². The molecule has 3 nitrogen and oxygen atoms in total. The molecule has 0 radical (unpaired) electrons. The lowest BCUT2D eigenvalue weighted by atomic mass is 9.66. The van der Waals surface area contributed by atoms with Crippen LogP contribution in [-0.4, -0.2) is 25.2 Å². The molecule has 0 spiro atoms. The molecule has 0 aliphatic heterocycles. The summed E-state index contributed by atoms with van der Waals surface area (Å²) in [6.45, 7) is 9.98. The van der Waals surface area contributed by atoms with Gasteiger partial charge in [0.2, 0.25) is 0 Å². The summed E-state index contributed by atoms with van der Waals surface area (Å²) in [4.78, 5) is 0. The van der Waals surface area contributed by atoms with Crippen LogP contribution < -0.4 is 0 Å². The number of nitriles is 1. The van der Waals surface area contributed by atoms with Crippen LogP contribution >= 0.6 is 0 Å². The Balaban J connectivity index is 5.22. The van der Waals surface area contributed by atoms with E-state index in [1.54, 1.807) is 6.92 Å². The Morgan fingerprint density at radius 2 is 1.86 bits per heavy atom. The van der Waals surface area contributed by atoms with Gasteiger partial charge in [-0.1, -0.05) is 33.5 Å². The van der Waals surface area contributed by atoms with E-state index in [1.165, 1.54) is 0 Å². The van der Waals surface area contributed by atoms with E-state index in [-0.39, 0.29) is 5.82 Å². The van der Waals surface area contributed by atoms with E-state index >= 15 is 0 Å². The highest BCUT2D eigenvalue weighted by molar-refractivity contribution is 6.81. The summed E-state index contributed by atoms with van der Waals surface area (Å²) in [6.07, 6.45) is 0.679. The van der Waals surface area contributed by atoms with Crippen molar-refractivity contribution in [1.29, 1.82) is 5.26 Å². The second-order valence-corrected chi connectivity index (χ2v) is 10.3. The molecule has 0 aliphatic carbocycles. The van der Waals surface area contributed by atoms with Gasteiger partial charge < -0.3 is 10.0 Å². The van der Waals surface area contributed by atoms with Gasteiger partial charge in [-0.3, -0.25) is 0 Å². The Labute approximate surface area is 87.9 Å². The van der Waals surface area contributed by atoms with Crippen molar-refractivity contribution < 1.29 is 10.0 Å². The van der Waals surface area contributed by atoms with Gasteiger partial charge in [0.05, 0.1) is 19.2 Å². The Kier molecular flexibility index (Phi) is 4.38. The Bertz CT molecular complexity index is 234. The van der Waals surface area contributed by atoms with Gasteiger partial charge in [-0.2, -0.15) is 5.26 Å². The Morgan fingerprint density at radius 3 is 1.93 bits per heavy atom. The van der Waals surface area contributed by atoms with Gasteiger partial charge in [0.1, 0.15) is 0 Å². The fraction of sp³-hybridized carbons (Fsp3) is 0.889. The van der Waals surface area contributed by atoms with E-state index in [0.29, 0.717) is 6.42 Å². The van der Waals surface area contributed by atoms with Crippen LogP contribution in [0.2, 0.25) is 30.5 Å². The normalized spacial score (nSPS) is 18.1. The maximum atomic E-state index is 9.29. The molecule has 0 aliphatic rings. The standard InChI is InChI=1S/C9H20BNO2Si/c1-6-9(7-11,14(3,4)5)8(2)10(12)13/h8,12-13H,6H2,1-5H3. The van der Waals surface area contributed by atoms with Gasteiger partial charge in [-0.25, -0.2) is 0 Å². The molecule has 0 aromatic heterocycles. The van der Waals surface area contributed by atoms with Gasteiger partial charge in [0.15, 0.2) is 0 Å². The monoisotopic (exact) mass is 213 g/mol. The van der Waals surface area contributed by atoms with Crippen molar-refractivity contribution in [3.05, 3.63) is 0 Å². The molecule has 0 aromatic carbocycles. The summed E-state index contributed by atoms with van der Waals surface area (Å²) in [5, 5.41) is 27.2. The molecular weight excluding hydrogens is 193 g/mol. The maximum absolute atomic E-state index is 9.29. The van der Waals surface area contributed by atoms with E-state index in [4.69, 9.17) is 0 Å². The molecule has 0 saturated carbocycles. The van der Waals surface area contributed by atoms with E-state index < -0.39 is 20.2 Å². The summed E-state index contributed by atoms with van der Waals surface area (Å²) < 4.78 is 0. The van der Waals surface area contributed by atoms with Crippen LogP contribution in [0.1, 0.15) is 20.3 Å². The smallest absolute Gasteiger partial charge is 0.427 e. The molecule has 0 amide bonds. The van der Waals surface area contributed by atoms with Crippen molar-refractivity contribution in [3.8, 4) is 6.07 Å². The summed E-state index contributed by atoms with van der Waals surface area (Å²) in [7, 11) is -3.15. The highest BCUT2D eigenvalue weighted by Gasteiger charge is 2.50. The predicted octanol–water partition coefficient (Wildman–Crippen LogP) is 1.86. The van der Waals surface area contributed by atoms with Crippen molar-refractivity contribution >= 4 is 15.2 Å². The lowest BCUT2D eigenvalue weighted by Gasteiger charge is -2.41. The fourth-order valence-corrected chi connectivity index (χ4v) is 5.05. The highest BCUT2D eigenvalue weighted by atomic mass is 28.3. The van der Waals surface area contributed by atoms with E-state index in [2.05, 4.69) is 25.7 Å². The number of hydrogen-bond acceptors (Lipinski definition) is 3. The lowest BCUT2D eigenvalue weighted by molar-refractivity contribution is 0.369. The van der Waals surface area contributed by atoms with Gasteiger partial charge in [0.25, 0.3) is 0 Å². The molecule has 2 atom stereocenters. The maximum Gasteiger partial charge on any atom is 0.455 e. The van der Waals surface area contributed by atoms with E-state index in [9.17, 15) is 15.3 Å². The zero-order chi connectivity index (χ0) is 11.6. The average Bonchev–Trinajstić information content (AvgIpc) is 2.04. The molecule has 2 unspecified atom stereocenters. The number of hydrogen-bond donors (Lipinski definition) is 2. The molecule has 0 rings (SSSR count). The van der Waals surface area contributed by atoms with Crippen molar-refractivity contribution in [1.82, 2.24) is 0 Å². The minimum absolute atomic E-state index is 0.385. The first-order chi connectivity index (χ1) is 6.23. The lowest BCUT2D eigenvalue weighted by Crippen LogP contribution is -2.45. The Hall–Kier alpha value is -0.308. The van der Waals surface area contributed by atoms with E-state index in [1.807, 2.05) is 6.92 Å². The molecule has 0 saturated heterocycles. The number of rotatable bonds is 4. The topological polar surface area (TPSA) is 64.2 Å². The summed E-state index contributed by atoms with van der Waals surface area (Å²) >= 11 is 0. The first-order valence-electron chi connectivity index (χ1n) is 5.00. The largest absolute Gasteiger partial charge is 0.455 e. The second kappa shape index (κ2) is 4.47. The van der Waals surface area contributed by atoms with Crippen LogP contribution in [0, 0.1) is 11.3 Å². The minimum atomic E-state index is -1.74. The third kappa shape index (κ3) is 2.19. The Morgan fingerprint density at radius 1 is 1.43 bits per heavy atom. The van der Waals surface area contributed by atoms with Crippen LogP contribution in [0.25, 0.3) is 0 Å². The predicted molar refractivity (Wildman–Crippen MR) is 61.6 cm³/mol. The summed E-state index contributed by atoms with van der Waals surface area (Å²) in [5.41, 5.74) is 0. The van der Waals surface area contributed by atoms with Crippen LogP contribution in [-0.2, 0) is 0 Å². The molecular formula is C9H20BNO2Si.